The summed E-state index contributed by atoms with van der Waals surface area (Å²) < 4.78 is 43.7. The van der Waals surface area contributed by atoms with Crippen molar-refractivity contribution >= 4 is 31.7 Å². The monoisotopic (exact) mass is 344 g/mol. The summed E-state index contributed by atoms with van der Waals surface area (Å²) in [5.41, 5.74) is 0. The van der Waals surface area contributed by atoms with Crippen LogP contribution in [-0.2, 0) is 24.5 Å². The molecule has 124 valence electrons. The molecule has 2 amide bonds. The van der Waals surface area contributed by atoms with Crippen molar-refractivity contribution in [3.8, 4) is 0 Å². The zero-order chi connectivity index (χ0) is 16.7. The zero-order valence-corrected chi connectivity index (χ0v) is 13.5. The Balaban J connectivity index is 4.21. The van der Waals surface area contributed by atoms with Gasteiger partial charge in [0, 0.05) is 19.1 Å². The second-order valence-corrected chi connectivity index (χ2v) is 9.21. The van der Waals surface area contributed by atoms with Gasteiger partial charge in [0.25, 0.3) is 0 Å². The minimum absolute atomic E-state index is 0.0668. The van der Waals surface area contributed by atoms with Gasteiger partial charge in [-0.1, -0.05) is 0 Å². The molecular formula is C10H20N2O7S2. The van der Waals surface area contributed by atoms with Crippen molar-refractivity contribution in [3.63, 3.8) is 0 Å². The topological polar surface area (TPSA) is 147 Å². The van der Waals surface area contributed by atoms with E-state index < -0.39 is 37.7 Å². The lowest BCUT2D eigenvalue weighted by Crippen LogP contribution is -2.47. The summed E-state index contributed by atoms with van der Waals surface area (Å²) in [6, 6.07) is -2.11. The van der Waals surface area contributed by atoms with Gasteiger partial charge in [-0.2, -0.15) is 0 Å². The number of carboxylic acid groups (broad SMARTS) is 1. The number of urea groups is 1. The van der Waals surface area contributed by atoms with Gasteiger partial charge in [-0.15, -0.1) is 0 Å². The van der Waals surface area contributed by atoms with Gasteiger partial charge in [-0.25, -0.2) is 26.4 Å². The highest BCUT2D eigenvalue weighted by Crippen LogP contribution is 1.97. The molecule has 0 aromatic carbocycles. The predicted octanol–water partition coefficient (Wildman–Crippen LogP) is -1.39. The molecule has 0 aliphatic heterocycles. The maximum atomic E-state index is 11.4. The van der Waals surface area contributed by atoms with Crippen LogP contribution in [0, 0.1) is 0 Å². The van der Waals surface area contributed by atoms with Gasteiger partial charge in [-0.3, -0.25) is 0 Å². The molecule has 0 fully saturated rings. The van der Waals surface area contributed by atoms with E-state index in [1.54, 1.807) is 0 Å². The fraction of sp³-hybridized carbons (Fsp3) is 0.800. The number of rotatable bonds is 9. The third-order valence-electron chi connectivity index (χ3n) is 2.36. The Morgan fingerprint density at radius 2 is 1.57 bits per heavy atom. The van der Waals surface area contributed by atoms with Crippen LogP contribution in [0.15, 0.2) is 0 Å². The van der Waals surface area contributed by atoms with Crippen molar-refractivity contribution in [2.45, 2.75) is 18.9 Å². The minimum atomic E-state index is -3.33. The van der Waals surface area contributed by atoms with Crippen molar-refractivity contribution in [3.05, 3.63) is 0 Å². The van der Waals surface area contributed by atoms with Crippen molar-refractivity contribution in [1.29, 1.82) is 0 Å². The van der Waals surface area contributed by atoms with Gasteiger partial charge in [-0.05, 0) is 12.8 Å². The number of sulfone groups is 2. The van der Waals surface area contributed by atoms with Crippen molar-refractivity contribution < 1.29 is 31.5 Å². The van der Waals surface area contributed by atoms with E-state index in [-0.39, 0.29) is 30.9 Å². The molecule has 0 aromatic rings. The third-order valence-corrected chi connectivity index (χ3v) is 4.37. The third kappa shape index (κ3) is 12.1. The molecule has 0 spiro atoms. The molecule has 21 heavy (non-hydrogen) atoms. The van der Waals surface area contributed by atoms with Gasteiger partial charge >= 0.3 is 12.0 Å². The predicted molar refractivity (Wildman–Crippen MR) is 76.6 cm³/mol. The standard InChI is InChI=1S/C10H20N2O7S2/c1-20(16,17)6-3-5-11-10(15)12-8(9(13)14)4-7-21(2,18)19/h8H,3-7H2,1-2H3,(H,13,14)(H2,11,12,15). The van der Waals surface area contributed by atoms with E-state index >= 15 is 0 Å². The second-order valence-electron chi connectivity index (χ2n) is 4.69. The Morgan fingerprint density at radius 1 is 1.05 bits per heavy atom. The Hall–Kier alpha value is -1.36. The SMILES string of the molecule is CS(=O)(=O)CCCNC(=O)NC(CCS(C)(=O)=O)C(=O)O. The van der Waals surface area contributed by atoms with Crippen LogP contribution in [0.1, 0.15) is 12.8 Å². The van der Waals surface area contributed by atoms with Crippen LogP contribution in [0.3, 0.4) is 0 Å². The molecule has 0 bridgehead atoms. The van der Waals surface area contributed by atoms with Crippen LogP contribution in [0.5, 0.6) is 0 Å². The van der Waals surface area contributed by atoms with Crippen molar-refractivity contribution in [2.24, 2.45) is 0 Å². The molecule has 9 nitrogen and oxygen atoms in total. The molecule has 0 aliphatic carbocycles. The molecule has 0 radical (unpaired) electrons. The molecular weight excluding hydrogens is 324 g/mol. The van der Waals surface area contributed by atoms with Gasteiger partial charge in [0.05, 0.1) is 11.5 Å². The number of carbonyl (C=O) groups is 2. The molecule has 1 unspecified atom stereocenters. The Bertz CT molecular complexity index is 568. The average molecular weight is 344 g/mol. The highest BCUT2D eigenvalue weighted by Gasteiger charge is 2.21. The van der Waals surface area contributed by atoms with E-state index in [1.165, 1.54) is 0 Å². The number of aliphatic carboxylic acids is 1. The lowest BCUT2D eigenvalue weighted by atomic mass is 10.2. The van der Waals surface area contributed by atoms with Crippen LogP contribution in [0.2, 0.25) is 0 Å². The molecule has 11 heteroatoms. The molecule has 0 aliphatic rings. The Morgan fingerprint density at radius 3 is 2.00 bits per heavy atom. The Kier molecular flexibility index (Phi) is 7.64. The minimum Gasteiger partial charge on any atom is -0.480 e. The van der Waals surface area contributed by atoms with Crippen molar-refractivity contribution in [2.75, 3.05) is 30.6 Å². The fourth-order valence-electron chi connectivity index (χ4n) is 1.33. The summed E-state index contributed by atoms with van der Waals surface area (Å²) in [5.74, 6) is -1.80. The number of hydrogen-bond acceptors (Lipinski definition) is 6. The van der Waals surface area contributed by atoms with Crippen LogP contribution >= 0.6 is 0 Å². The highest BCUT2D eigenvalue weighted by atomic mass is 32.2. The van der Waals surface area contributed by atoms with Crippen LogP contribution in [-0.4, -0.2) is 70.5 Å². The first-order valence-electron chi connectivity index (χ1n) is 6.03. The molecule has 1 atom stereocenters. The number of carboxylic acids is 1. The first-order chi connectivity index (χ1) is 9.41. The maximum Gasteiger partial charge on any atom is 0.326 e. The normalized spacial score (nSPS) is 13.4. The van der Waals surface area contributed by atoms with E-state index in [0.717, 1.165) is 12.5 Å². The number of nitrogens with one attached hydrogen (secondary N) is 2. The van der Waals surface area contributed by atoms with Crippen molar-refractivity contribution in [1.82, 2.24) is 10.6 Å². The largest absolute Gasteiger partial charge is 0.480 e. The summed E-state index contributed by atoms with van der Waals surface area (Å²) in [6.45, 7) is 0.0668. The first-order valence-corrected chi connectivity index (χ1v) is 10.2. The van der Waals surface area contributed by atoms with Crippen LogP contribution in [0.25, 0.3) is 0 Å². The number of hydrogen-bond donors (Lipinski definition) is 3. The summed E-state index contributed by atoms with van der Waals surface area (Å²) in [5, 5.41) is 13.3. The quantitative estimate of drug-likeness (QED) is 0.436. The molecule has 0 aromatic heterocycles. The summed E-state index contributed by atoms with van der Waals surface area (Å²) in [7, 11) is -6.44. The zero-order valence-electron chi connectivity index (χ0n) is 11.8. The lowest BCUT2D eigenvalue weighted by Gasteiger charge is -2.14. The first kappa shape index (κ1) is 19.6. The van der Waals surface area contributed by atoms with E-state index in [2.05, 4.69) is 10.6 Å². The van der Waals surface area contributed by atoms with Gasteiger partial charge < -0.3 is 15.7 Å². The average Bonchev–Trinajstić information content (AvgIpc) is 2.27. The van der Waals surface area contributed by atoms with Crippen LogP contribution < -0.4 is 10.6 Å². The molecule has 3 N–H and O–H groups in total. The molecule has 0 saturated carbocycles. The van der Waals surface area contributed by atoms with Gasteiger partial charge in [0.15, 0.2) is 0 Å². The highest BCUT2D eigenvalue weighted by molar-refractivity contribution is 7.90. The fourth-order valence-corrected chi connectivity index (χ4v) is 2.67. The number of amides is 2. The van der Waals surface area contributed by atoms with E-state index in [1.807, 2.05) is 0 Å². The Labute approximate surface area is 123 Å². The molecule has 0 heterocycles. The van der Waals surface area contributed by atoms with E-state index in [0.29, 0.717) is 0 Å². The van der Waals surface area contributed by atoms with Gasteiger partial charge in [0.2, 0.25) is 0 Å². The lowest BCUT2D eigenvalue weighted by molar-refractivity contribution is -0.139. The second kappa shape index (κ2) is 8.17. The molecule has 0 saturated heterocycles. The summed E-state index contributed by atoms with van der Waals surface area (Å²) in [6.07, 6.45) is 1.99. The van der Waals surface area contributed by atoms with Gasteiger partial charge in [0.1, 0.15) is 25.7 Å². The molecule has 0 rings (SSSR count). The smallest absolute Gasteiger partial charge is 0.326 e. The number of carbonyl (C=O) groups excluding carboxylic acids is 1. The summed E-state index contributed by atoms with van der Waals surface area (Å²) in [4.78, 5) is 22.3. The van der Waals surface area contributed by atoms with E-state index in [9.17, 15) is 26.4 Å². The van der Waals surface area contributed by atoms with Crippen LogP contribution in [0.4, 0.5) is 4.79 Å². The summed E-state index contributed by atoms with van der Waals surface area (Å²) >= 11 is 0. The maximum absolute atomic E-state index is 11.4. The van der Waals surface area contributed by atoms with E-state index in [4.69, 9.17) is 5.11 Å².